The van der Waals surface area contributed by atoms with E-state index in [1.807, 2.05) is 6.07 Å². The highest BCUT2D eigenvalue weighted by molar-refractivity contribution is 6.74. The molecule has 0 saturated heterocycles. The minimum absolute atomic E-state index is 0.0653. The molecule has 0 radical (unpaired) electrons. The molecule has 0 N–H and O–H groups in total. The fraction of sp³-hybridized carbons (Fsp3) is 0.704. The second-order valence-electron chi connectivity index (χ2n) is 13.0. The number of benzene rings is 1. The number of methoxy groups -OCH3 is 2. The predicted octanol–water partition coefficient (Wildman–Crippen LogP) is 6.39. The standard InChI is InChI=1S/C27H45NO6Si2/c1-26(2,3)35(9,10)33-20-16-21(34-36(11,12)27(4,5)6)24-22(20)23(28-32-24)17-13-14-19(30-7)18(15-17)25(29)31-8/h13-15,20-22,24H,16H2,1-12H3/t20-,21+,22?,24?/m0/s1. The monoisotopic (exact) mass is 535 g/mol. The smallest absolute Gasteiger partial charge is 0.341 e. The third kappa shape index (κ3) is 5.44. The summed E-state index contributed by atoms with van der Waals surface area (Å²) in [6.07, 6.45) is 0.335. The summed E-state index contributed by atoms with van der Waals surface area (Å²) in [6, 6.07) is 5.47. The summed E-state index contributed by atoms with van der Waals surface area (Å²) in [4.78, 5) is 18.5. The van der Waals surface area contributed by atoms with Gasteiger partial charge < -0.3 is 23.2 Å². The van der Waals surface area contributed by atoms with Gasteiger partial charge in [0, 0.05) is 12.0 Å². The van der Waals surface area contributed by atoms with E-state index in [9.17, 15) is 4.79 Å². The molecule has 3 rings (SSSR count). The second-order valence-corrected chi connectivity index (χ2v) is 22.6. The quantitative estimate of drug-likeness (QED) is 0.298. The van der Waals surface area contributed by atoms with Crippen LogP contribution in [-0.4, -0.2) is 60.8 Å². The molecule has 202 valence electrons. The number of hydrogen-bond donors (Lipinski definition) is 0. The average molecular weight is 536 g/mol. The molecule has 0 spiro atoms. The Kier molecular flexibility index (Phi) is 7.93. The lowest BCUT2D eigenvalue weighted by atomic mass is 9.91. The molecule has 7 nitrogen and oxygen atoms in total. The van der Waals surface area contributed by atoms with Crippen LogP contribution in [0.4, 0.5) is 0 Å². The van der Waals surface area contributed by atoms with Crippen molar-refractivity contribution in [2.45, 2.75) is 103 Å². The van der Waals surface area contributed by atoms with Gasteiger partial charge in [-0.3, -0.25) is 0 Å². The average Bonchev–Trinajstić information content (AvgIpc) is 3.32. The van der Waals surface area contributed by atoms with E-state index in [-0.39, 0.29) is 34.3 Å². The first-order valence-electron chi connectivity index (χ1n) is 12.8. The van der Waals surface area contributed by atoms with Gasteiger partial charge in [-0.25, -0.2) is 4.79 Å². The first-order chi connectivity index (χ1) is 16.4. The van der Waals surface area contributed by atoms with Gasteiger partial charge in [0.2, 0.25) is 0 Å². The van der Waals surface area contributed by atoms with Gasteiger partial charge in [0.1, 0.15) is 11.3 Å². The number of carbonyl (C=O) groups excluding carboxylic acids is 1. The molecule has 2 unspecified atom stereocenters. The summed E-state index contributed by atoms with van der Waals surface area (Å²) in [7, 11) is -1.23. The van der Waals surface area contributed by atoms with Crippen molar-refractivity contribution in [3.8, 4) is 5.75 Å². The summed E-state index contributed by atoms with van der Waals surface area (Å²) in [5.41, 5.74) is 1.95. The Hall–Kier alpha value is -1.69. The Labute approximate surface area is 219 Å². The number of rotatable bonds is 7. The van der Waals surface area contributed by atoms with Crippen LogP contribution < -0.4 is 4.74 Å². The van der Waals surface area contributed by atoms with Crippen LogP contribution in [0.15, 0.2) is 23.4 Å². The van der Waals surface area contributed by atoms with Crippen molar-refractivity contribution < 1.29 is 28.0 Å². The lowest BCUT2D eigenvalue weighted by Crippen LogP contribution is -2.46. The molecule has 0 aromatic heterocycles. The topological polar surface area (TPSA) is 75.6 Å². The highest BCUT2D eigenvalue weighted by Crippen LogP contribution is 2.47. The van der Waals surface area contributed by atoms with Crippen LogP contribution in [0.5, 0.6) is 5.75 Å². The maximum absolute atomic E-state index is 12.4. The van der Waals surface area contributed by atoms with Crippen LogP contribution in [0.3, 0.4) is 0 Å². The van der Waals surface area contributed by atoms with Gasteiger partial charge in [-0.15, -0.1) is 0 Å². The zero-order valence-corrected chi connectivity index (χ0v) is 26.1. The first-order valence-corrected chi connectivity index (χ1v) is 18.6. The number of carbonyl (C=O) groups is 1. The Bertz CT molecular complexity index is 1010. The largest absolute Gasteiger partial charge is 0.496 e. The molecule has 0 amide bonds. The first kappa shape index (κ1) is 28.9. The Balaban J connectivity index is 2.01. The molecule has 9 heteroatoms. The summed E-state index contributed by atoms with van der Waals surface area (Å²) in [6.45, 7) is 22.6. The molecule has 1 heterocycles. The van der Waals surface area contributed by atoms with E-state index < -0.39 is 22.6 Å². The van der Waals surface area contributed by atoms with E-state index in [4.69, 9.17) is 23.2 Å². The number of fused-ring (bicyclic) bond motifs is 1. The molecular formula is C27H45NO6Si2. The molecule has 1 aliphatic heterocycles. The van der Waals surface area contributed by atoms with Gasteiger partial charge >= 0.3 is 5.97 Å². The normalized spacial score (nSPS) is 24.7. The van der Waals surface area contributed by atoms with Gasteiger partial charge in [0.25, 0.3) is 0 Å². The van der Waals surface area contributed by atoms with Crippen LogP contribution in [0, 0.1) is 5.92 Å². The predicted molar refractivity (Wildman–Crippen MR) is 148 cm³/mol. The van der Waals surface area contributed by atoms with Crippen molar-refractivity contribution in [1.29, 1.82) is 0 Å². The maximum atomic E-state index is 12.4. The molecule has 1 aromatic rings. The van der Waals surface area contributed by atoms with Gasteiger partial charge in [-0.05, 0) is 54.5 Å². The van der Waals surface area contributed by atoms with E-state index in [0.29, 0.717) is 11.3 Å². The van der Waals surface area contributed by atoms with E-state index in [0.717, 1.165) is 17.7 Å². The Morgan fingerprint density at radius 3 is 2.00 bits per heavy atom. The molecule has 1 fully saturated rings. The molecule has 1 aliphatic carbocycles. The minimum Gasteiger partial charge on any atom is -0.496 e. The number of nitrogens with zero attached hydrogens (tertiary/aromatic N) is 1. The molecule has 4 atom stereocenters. The SMILES string of the molecule is COC(=O)c1cc(C2=NOC3C2[C@@H](O[Si](C)(C)C(C)(C)C)C[C@H]3O[Si](C)(C)C(C)(C)C)ccc1OC. The van der Waals surface area contributed by atoms with Crippen LogP contribution in [0.25, 0.3) is 0 Å². The van der Waals surface area contributed by atoms with E-state index in [1.54, 1.807) is 12.1 Å². The fourth-order valence-electron chi connectivity index (χ4n) is 4.33. The highest BCUT2D eigenvalue weighted by Gasteiger charge is 2.56. The van der Waals surface area contributed by atoms with Crippen LogP contribution in [0.1, 0.15) is 63.9 Å². The lowest BCUT2D eigenvalue weighted by molar-refractivity contribution is -0.00536. The molecule has 36 heavy (non-hydrogen) atoms. The number of ether oxygens (including phenoxy) is 2. The highest BCUT2D eigenvalue weighted by atomic mass is 28.4. The zero-order chi connectivity index (χ0) is 27.3. The van der Waals surface area contributed by atoms with Crippen molar-refractivity contribution in [2.24, 2.45) is 11.1 Å². The fourth-order valence-corrected chi connectivity index (χ4v) is 7.02. The van der Waals surface area contributed by atoms with Crippen molar-refractivity contribution in [3.05, 3.63) is 29.3 Å². The van der Waals surface area contributed by atoms with Crippen LogP contribution >= 0.6 is 0 Å². The van der Waals surface area contributed by atoms with E-state index >= 15 is 0 Å². The summed E-state index contributed by atoms with van der Waals surface area (Å²) < 4.78 is 24.3. The Morgan fingerprint density at radius 2 is 1.50 bits per heavy atom. The zero-order valence-electron chi connectivity index (χ0n) is 24.1. The van der Waals surface area contributed by atoms with Gasteiger partial charge in [0.15, 0.2) is 22.7 Å². The summed E-state index contributed by atoms with van der Waals surface area (Å²) in [5.74, 6) is -0.0847. The second kappa shape index (κ2) is 9.89. The molecule has 1 saturated carbocycles. The summed E-state index contributed by atoms with van der Waals surface area (Å²) >= 11 is 0. The molecular weight excluding hydrogens is 490 g/mol. The number of esters is 1. The van der Waals surface area contributed by atoms with E-state index in [1.165, 1.54) is 14.2 Å². The lowest BCUT2D eigenvalue weighted by Gasteiger charge is -2.40. The van der Waals surface area contributed by atoms with Crippen molar-refractivity contribution in [2.75, 3.05) is 14.2 Å². The molecule has 1 aromatic carbocycles. The van der Waals surface area contributed by atoms with Gasteiger partial charge in [-0.2, -0.15) is 0 Å². The maximum Gasteiger partial charge on any atom is 0.341 e. The van der Waals surface area contributed by atoms with Crippen molar-refractivity contribution in [3.63, 3.8) is 0 Å². The molecule has 0 bridgehead atoms. The van der Waals surface area contributed by atoms with E-state index in [2.05, 4.69) is 72.9 Å². The van der Waals surface area contributed by atoms with Crippen LogP contribution in [0.2, 0.25) is 36.3 Å². The third-order valence-electron chi connectivity index (χ3n) is 8.58. The van der Waals surface area contributed by atoms with Crippen molar-refractivity contribution in [1.82, 2.24) is 0 Å². The van der Waals surface area contributed by atoms with Crippen LogP contribution in [-0.2, 0) is 18.4 Å². The summed E-state index contributed by atoms with van der Waals surface area (Å²) in [5, 5.41) is 4.69. The molecule has 2 aliphatic rings. The number of oxime groups is 1. The third-order valence-corrected chi connectivity index (χ3v) is 17.6. The van der Waals surface area contributed by atoms with Crippen molar-refractivity contribution >= 4 is 28.3 Å². The number of hydrogen-bond acceptors (Lipinski definition) is 7. The van der Waals surface area contributed by atoms with Gasteiger partial charge in [-0.1, -0.05) is 46.7 Å². The minimum atomic E-state index is -2.08. The Morgan fingerprint density at radius 1 is 0.944 bits per heavy atom. The van der Waals surface area contributed by atoms with Gasteiger partial charge in [0.05, 0.1) is 38.1 Å².